The Morgan fingerprint density at radius 1 is 1.72 bits per heavy atom. The number of ether oxygens (including phenoxy) is 1. The highest BCUT2D eigenvalue weighted by molar-refractivity contribution is 7.09. The molecular formula is C12H19N3O2S. The van der Waals surface area contributed by atoms with Crippen LogP contribution in [0.2, 0.25) is 0 Å². The Kier molecular flexibility index (Phi) is 4.68. The number of nitrogens with zero attached hydrogens (tertiary/aromatic N) is 1. The average molecular weight is 269 g/mol. The van der Waals surface area contributed by atoms with Gasteiger partial charge in [0.1, 0.15) is 10.7 Å². The summed E-state index contributed by atoms with van der Waals surface area (Å²) < 4.78 is 5.59. The lowest BCUT2D eigenvalue weighted by Gasteiger charge is -2.16. The fourth-order valence-electron chi connectivity index (χ4n) is 2.20. The molecule has 0 bridgehead atoms. The zero-order valence-corrected chi connectivity index (χ0v) is 11.3. The van der Waals surface area contributed by atoms with Gasteiger partial charge in [-0.3, -0.25) is 4.79 Å². The van der Waals surface area contributed by atoms with Gasteiger partial charge in [0.2, 0.25) is 0 Å². The van der Waals surface area contributed by atoms with Crippen LogP contribution < -0.4 is 11.1 Å². The fourth-order valence-corrected chi connectivity index (χ4v) is 2.86. The first-order valence-corrected chi connectivity index (χ1v) is 7.16. The van der Waals surface area contributed by atoms with Gasteiger partial charge >= 0.3 is 0 Å². The molecule has 5 nitrogen and oxygen atoms in total. The van der Waals surface area contributed by atoms with Crippen molar-refractivity contribution in [2.24, 2.45) is 11.7 Å². The molecule has 2 rings (SSSR count). The predicted octanol–water partition coefficient (Wildman–Crippen LogP) is 1.15. The van der Waals surface area contributed by atoms with Crippen molar-refractivity contribution >= 4 is 17.2 Å². The Balaban J connectivity index is 1.84. The van der Waals surface area contributed by atoms with Crippen molar-refractivity contribution in [2.45, 2.75) is 32.4 Å². The number of aromatic nitrogens is 1. The summed E-state index contributed by atoms with van der Waals surface area (Å²) >= 11 is 1.42. The topological polar surface area (TPSA) is 77.2 Å². The number of nitrogens with one attached hydrogen (secondary N) is 1. The van der Waals surface area contributed by atoms with Gasteiger partial charge in [0, 0.05) is 31.0 Å². The van der Waals surface area contributed by atoms with E-state index in [-0.39, 0.29) is 12.0 Å². The molecule has 0 aliphatic carbocycles. The third kappa shape index (κ3) is 3.07. The molecule has 1 fully saturated rings. The summed E-state index contributed by atoms with van der Waals surface area (Å²) in [6.07, 6.45) is 2.29. The van der Waals surface area contributed by atoms with Crippen molar-refractivity contribution in [3.05, 3.63) is 16.1 Å². The third-order valence-electron chi connectivity index (χ3n) is 3.23. The van der Waals surface area contributed by atoms with E-state index in [1.165, 1.54) is 11.3 Å². The molecule has 0 saturated carbocycles. The summed E-state index contributed by atoms with van der Waals surface area (Å²) in [6.45, 7) is 3.95. The van der Waals surface area contributed by atoms with Crippen molar-refractivity contribution in [1.82, 2.24) is 10.3 Å². The van der Waals surface area contributed by atoms with E-state index in [9.17, 15) is 4.79 Å². The molecule has 1 amide bonds. The van der Waals surface area contributed by atoms with E-state index in [0.717, 1.165) is 24.5 Å². The van der Waals surface area contributed by atoms with Crippen LogP contribution in [0, 0.1) is 5.92 Å². The molecule has 1 aliphatic heterocycles. The number of amides is 1. The molecule has 0 radical (unpaired) electrons. The molecule has 2 unspecified atom stereocenters. The minimum Gasteiger partial charge on any atom is -0.378 e. The SMILES string of the molecule is CCC1OCCC1CNC(=O)c1csc(CN)n1. The Morgan fingerprint density at radius 2 is 2.56 bits per heavy atom. The van der Waals surface area contributed by atoms with Crippen LogP contribution in [0.3, 0.4) is 0 Å². The van der Waals surface area contributed by atoms with E-state index in [2.05, 4.69) is 17.2 Å². The highest BCUT2D eigenvalue weighted by Gasteiger charge is 2.27. The number of hydrogen-bond acceptors (Lipinski definition) is 5. The van der Waals surface area contributed by atoms with Gasteiger partial charge in [-0.05, 0) is 12.8 Å². The van der Waals surface area contributed by atoms with E-state index < -0.39 is 0 Å². The van der Waals surface area contributed by atoms with Gasteiger partial charge in [-0.25, -0.2) is 4.98 Å². The number of carbonyl (C=O) groups excluding carboxylic acids is 1. The highest BCUT2D eigenvalue weighted by atomic mass is 32.1. The molecule has 0 spiro atoms. The van der Waals surface area contributed by atoms with Gasteiger partial charge in [0.05, 0.1) is 6.10 Å². The normalized spacial score (nSPS) is 23.2. The first-order chi connectivity index (χ1) is 8.74. The first-order valence-electron chi connectivity index (χ1n) is 6.28. The van der Waals surface area contributed by atoms with Crippen LogP contribution in [0.5, 0.6) is 0 Å². The lowest BCUT2D eigenvalue weighted by molar-refractivity contribution is 0.0825. The molecule has 1 saturated heterocycles. The molecule has 18 heavy (non-hydrogen) atoms. The molecule has 1 aromatic heterocycles. The highest BCUT2D eigenvalue weighted by Crippen LogP contribution is 2.22. The van der Waals surface area contributed by atoms with Gasteiger partial charge in [0.25, 0.3) is 5.91 Å². The molecule has 0 aromatic carbocycles. The summed E-state index contributed by atoms with van der Waals surface area (Å²) in [5.74, 6) is 0.305. The molecule has 2 heterocycles. The zero-order chi connectivity index (χ0) is 13.0. The summed E-state index contributed by atoms with van der Waals surface area (Å²) in [5, 5.41) is 5.46. The molecule has 2 atom stereocenters. The van der Waals surface area contributed by atoms with Gasteiger partial charge in [0.15, 0.2) is 0 Å². The average Bonchev–Trinajstić information content (AvgIpc) is 3.04. The summed E-state index contributed by atoms with van der Waals surface area (Å²) in [6, 6.07) is 0. The van der Waals surface area contributed by atoms with Gasteiger partial charge < -0.3 is 15.8 Å². The predicted molar refractivity (Wildman–Crippen MR) is 70.5 cm³/mol. The molecule has 1 aliphatic rings. The standard InChI is InChI=1S/C12H19N3O2S/c1-2-10-8(3-4-17-10)6-14-12(16)9-7-18-11(5-13)15-9/h7-8,10H,2-6,13H2,1H3,(H,14,16). The van der Waals surface area contributed by atoms with E-state index >= 15 is 0 Å². The van der Waals surface area contributed by atoms with Crippen LogP contribution in [-0.4, -0.2) is 30.1 Å². The lowest BCUT2D eigenvalue weighted by atomic mass is 10.00. The van der Waals surface area contributed by atoms with Crippen LogP contribution in [0.15, 0.2) is 5.38 Å². The maximum atomic E-state index is 11.9. The van der Waals surface area contributed by atoms with Gasteiger partial charge in [-0.2, -0.15) is 0 Å². The Hall–Kier alpha value is -0.980. The van der Waals surface area contributed by atoms with Crippen molar-refractivity contribution < 1.29 is 9.53 Å². The second-order valence-electron chi connectivity index (χ2n) is 4.41. The van der Waals surface area contributed by atoms with E-state index in [1.54, 1.807) is 5.38 Å². The first kappa shape index (κ1) is 13.5. The van der Waals surface area contributed by atoms with Gasteiger partial charge in [-0.1, -0.05) is 6.92 Å². The van der Waals surface area contributed by atoms with Crippen LogP contribution >= 0.6 is 11.3 Å². The summed E-state index contributed by atoms with van der Waals surface area (Å²) in [5.41, 5.74) is 5.94. The monoisotopic (exact) mass is 269 g/mol. The lowest BCUT2D eigenvalue weighted by Crippen LogP contribution is -2.32. The molecular weight excluding hydrogens is 250 g/mol. The van der Waals surface area contributed by atoms with Crippen molar-refractivity contribution in [2.75, 3.05) is 13.2 Å². The second kappa shape index (κ2) is 6.26. The Bertz CT molecular complexity index is 408. The number of thiazole rings is 1. The van der Waals surface area contributed by atoms with Crippen LogP contribution in [0.4, 0.5) is 0 Å². The van der Waals surface area contributed by atoms with Gasteiger partial charge in [-0.15, -0.1) is 11.3 Å². The summed E-state index contributed by atoms with van der Waals surface area (Å²) in [7, 11) is 0. The maximum absolute atomic E-state index is 11.9. The summed E-state index contributed by atoms with van der Waals surface area (Å²) in [4.78, 5) is 16.0. The number of carbonyl (C=O) groups is 1. The van der Waals surface area contributed by atoms with Crippen LogP contribution in [0.1, 0.15) is 35.3 Å². The largest absolute Gasteiger partial charge is 0.378 e. The third-order valence-corrected chi connectivity index (χ3v) is 4.10. The molecule has 1 aromatic rings. The molecule has 3 N–H and O–H groups in total. The zero-order valence-electron chi connectivity index (χ0n) is 10.5. The van der Waals surface area contributed by atoms with Crippen molar-refractivity contribution in [1.29, 1.82) is 0 Å². The number of nitrogens with two attached hydrogens (primary N) is 1. The van der Waals surface area contributed by atoms with Crippen molar-refractivity contribution in [3.63, 3.8) is 0 Å². The quantitative estimate of drug-likeness (QED) is 0.840. The smallest absolute Gasteiger partial charge is 0.270 e. The number of hydrogen-bond donors (Lipinski definition) is 2. The minimum atomic E-state index is -0.118. The Labute approximate surface area is 111 Å². The minimum absolute atomic E-state index is 0.118. The van der Waals surface area contributed by atoms with Crippen LogP contribution in [-0.2, 0) is 11.3 Å². The van der Waals surface area contributed by atoms with E-state index in [0.29, 0.717) is 24.7 Å². The van der Waals surface area contributed by atoms with Crippen molar-refractivity contribution in [3.8, 4) is 0 Å². The fraction of sp³-hybridized carbons (Fsp3) is 0.667. The molecule has 100 valence electrons. The number of rotatable bonds is 5. The maximum Gasteiger partial charge on any atom is 0.270 e. The van der Waals surface area contributed by atoms with Crippen LogP contribution in [0.25, 0.3) is 0 Å². The van der Waals surface area contributed by atoms with E-state index in [4.69, 9.17) is 10.5 Å². The molecule has 6 heteroatoms. The second-order valence-corrected chi connectivity index (χ2v) is 5.35. The Morgan fingerprint density at radius 3 is 3.22 bits per heavy atom. The van der Waals surface area contributed by atoms with E-state index in [1.807, 2.05) is 0 Å².